The van der Waals surface area contributed by atoms with Gasteiger partial charge in [0.05, 0.1) is 11.8 Å². The third-order valence-electron chi connectivity index (χ3n) is 3.20. The van der Waals surface area contributed by atoms with Crippen molar-refractivity contribution in [3.63, 3.8) is 0 Å². The lowest BCUT2D eigenvalue weighted by molar-refractivity contribution is 0.102. The van der Waals surface area contributed by atoms with Gasteiger partial charge in [0.2, 0.25) is 0 Å². The molecule has 0 aliphatic rings. The number of amides is 1. The fourth-order valence-electron chi connectivity index (χ4n) is 2.15. The molecule has 0 bridgehead atoms. The van der Waals surface area contributed by atoms with E-state index in [2.05, 4.69) is 15.6 Å². The van der Waals surface area contributed by atoms with Crippen molar-refractivity contribution >= 4 is 11.6 Å². The topological polar surface area (TPSA) is 54.0 Å². The molecule has 2 rings (SSSR count). The van der Waals surface area contributed by atoms with E-state index < -0.39 is 11.7 Å². The SMILES string of the molecule is CCNC(C)c1ccccc1NC(=O)c1ccncc1F. The van der Waals surface area contributed by atoms with Gasteiger partial charge in [0, 0.05) is 17.9 Å². The predicted molar refractivity (Wildman–Crippen MR) is 80.7 cm³/mol. The number of rotatable bonds is 5. The van der Waals surface area contributed by atoms with E-state index in [0.717, 1.165) is 18.3 Å². The van der Waals surface area contributed by atoms with Crippen LogP contribution < -0.4 is 10.6 Å². The number of hydrogen-bond donors (Lipinski definition) is 2. The molecule has 4 nitrogen and oxygen atoms in total. The number of nitrogens with one attached hydrogen (secondary N) is 2. The smallest absolute Gasteiger partial charge is 0.258 e. The molecule has 2 N–H and O–H groups in total. The lowest BCUT2D eigenvalue weighted by Crippen LogP contribution is -2.21. The van der Waals surface area contributed by atoms with Crippen molar-refractivity contribution in [1.29, 1.82) is 0 Å². The van der Waals surface area contributed by atoms with Gasteiger partial charge in [-0.2, -0.15) is 0 Å². The van der Waals surface area contributed by atoms with Gasteiger partial charge in [-0.05, 0) is 31.2 Å². The van der Waals surface area contributed by atoms with Crippen molar-refractivity contribution in [3.05, 3.63) is 59.7 Å². The number of benzene rings is 1. The fourth-order valence-corrected chi connectivity index (χ4v) is 2.15. The average molecular weight is 287 g/mol. The van der Waals surface area contributed by atoms with E-state index in [-0.39, 0.29) is 11.6 Å². The first-order valence-corrected chi connectivity index (χ1v) is 6.86. The zero-order chi connectivity index (χ0) is 15.2. The summed E-state index contributed by atoms with van der Waals surface area (Å²) in [7, 11) is 0. The van der Waals surface area contributed by atoms with Crippen molar-refractivity contribution in [3.8, 4) is 0 Å². The number of anilines is 1. The van der Waals surface area contributed by atoms with Crippen molar-refractivity contribution in [1.82, 2.24) is 10.3 Å². The van der Waals surface area contributed by atoms with Crippen LogP contribution >= 0.6 is 0 Å². The van der Waals surface area contributed by atoms with Crippen LogP contribution in [0.3, 0.4) is 0 Å². The second kappa shape index (κ2) is 6.95. The number of pyridine rings is 1. The number of para-hydroxylation sites is 1. The number of aromatic nitrogens is 1. The largest absolute Gasteiger partial charge is 0.322 e. The van der Waals surface area contributed by atoms with Gasteiger partial charge in [-0.1, -0.05) is 25.1 Å². The van der Waals surface area contributed by atoms with Crippen molar-refractivity contribution < 1.29 is 9.18 Å². The highest BCUT2D eigenvalue weighted by Crippen LogP contribution is 2.23. The van der Waals surface area contributed by atoms with Crippen molar-refractivity contribution in [2.45, 2.75) is 19.9 Å². The van der Waals surface area contributed by atoms with Crippen LogP contribution in [0, 0.1) is 5.82 Å². The van der Waals surface area contributed by atoms with Gasteiger partial charge in [-0.15, -0.1) is 0 Å². The summed E-state index contributed by atoms with van der Waals surface area (Å²) in [5, 5.41) is 6.05. The van der Waals surface area contributed by atoms with Crippen LogP contribution in [-0.2, 0) is 0 Å². The van der Waals surface area contributed by atoms with Crippen molar-refractivity contribution in [2.75, 3.05) is 11.9 Å². The number of hydrogen-bond acceptors (Lipinski definition) is 3. The van der Waals surface area contributed by atoms with Gasteiger partial charge >= 0.3 is 0 Å². The first kappa shape index (κ1) is 15.1. The van der Waals surface area contributed by atoms with Gasteiger partial charge in [0.15, 0.2) is 5.82 Å². The molecule has 1 atom stereocenters. The molecule has 0 aliphatic carbocycles. The van der Waals surface area contributed by atoms with Gasteiger partial charge in [0.25, 0.3) is 5.91 Å². The van der Waals surface area contributed by atoms with Crippen LogP contribution in [0.4, 0.5) is 10.1 Å². The number of carbonyl (C=O) groups is 1. The number of halogens is 1. The Hall–Kier alpha value is -2.27. The van der Waals surface area contributed by atoms with Gasteiger partial charge in [-0.25, -0.2) is 4.39 Å². The minimum absolute atomic E-state index is 0.0177. The van der Waals surface area contributed by atoms with Crippen LogP contribution in [0.15, 0.2) is 42.7 Å². The van der Waals surface area contributed by atoms with E-state index in [1.54, 1.807) is 6.07 Å². The Labute approximate surface area is 123 Å². The molecule has 1 unspecified atom stereocenters. The third kappa shape index (κ3) is 3.64. The van der Waals surface area contributed by atoms with E-state index in [4.69, 9.17) is 0 Å². The first-order valence-electron chi connectivity index (χ1n) is 6.86. The Bertz CT molecular complexity index is 630. The molecule has 0 saturated heterocycles. The van der Waals surface area contributed by atoms with Crippen LogP contribution in [0.2, 0.25) is 0 Å². The summed E-state index contributed by atoms with van der Waals surface area (Å²) in [6.45, 7) is 4.86. The molecule has 1 amide bonds. The van der Waals surface area contributed by atoms with E-state index >= 15 is 0 Å². The number of nitrogens with zero attached hydrogens (tertiary/aromatic N) is 1. The molecule has 110 valence electrons. The van der Waals surface area contributed by atoms with Crippen LogP contribution in [0.5, 0.6) is 0 Å². The maximum atomic E-state index is 13.6. The highest BCUT2D eigenvalue weighted by atomic mass is 19.1. The fraction of sp³-hybridized carbons (Fsp3) is 0.250. The summed E-state index contributed by atoms with van der Waals surface area (Å²) in [4.78, 5) is 15.8. The molecule has 21 heavy (non-hydrogen) atoms. The summed E-state index contributed by atoms with van der Waals surface area (Å²) in [5.41, 5.74) is 1.62. The summed E-state index contributed by atoms with van der Waals surface area (Å²) >= 11 is 0. The zero-order valence-electron chi connectivity index (χ0n) is 12.1. The van der Waals surface area contributed by atoms with E-state index in [1.807, 2.05) is 32.0 Å². The lowest BCUT2D eigenvalue weighted by atomic mass is 10.1. The molecule has 0 aliphatic heterocycles. The summed E-state index contributed by atoms with van der Waals surface area (Å²) in [6, 6.07) is 8.94. The highest BCUT2D eigenvalue weighted by Gasteiger charge is 2.15. The van der Waals surface area contributed by atoms with E-state index in [1.165, 1.54) is 12.3 Å². The Morgan fingerprint density at radius 2 is 2.10 bits per heavy atom. The first-order chi connectivity index (χ1) is 10.1. The van der Waals surface area contributed by atoms with Gasteiger partial charge in [0.1, 0.15) is 0 Å². The summed E-state index contributed by atoms with van der Waals surface area (Å²) < 4.78 is 13.6. The molecule has 0 saturated carbocycles. The van der Waals surface area contributed by atoms with Gasteiger partial charge in [-0.3, -0.25) is 9.78 Å². The molecule has 1 aromatic carbocycles. The second-order valence-electron chi connectivity index (χ2n) is 4.68. The standard InChI is InChI=1S/C16H18FN3O/c1-3-19-11(2)12-6-4-5-7-15(12)20-16(21)13-8-9-18-10-14(13)17/h4-11,19H,3H2,1-2H3,(H,20,21). The van der Waals surface area contributed by atoms with Gasteiger partial charge < -0.3 is 10.6 Å². The van der Waals surface area contributed by atoms with Crippen LogP contribution in [-0.4, -0.2) is 17.4 Å². The Balaban J connectivity index is 2.24. The molecule has 0 radical (unpaired) electrons. The molecular weight excluding hydrogens is 269 g/mol. The molecule has 2 aromatic rings. The summed E-state index contributed by atoms with van der Waals surface area (Å²) in [6.07, 6.45) is 2.42. The molecule has 1 heterocycles. The molecule has 0 fully saturated rings. The van der Waals surface area contributed by atoms with Crippen LogP contribution in [0.25, 0.3) is 0 Å². The number of carbonyl (C=O) groups excluding carboxylic acids is 1. The van der Waals surface area contributed by atoms with Crippen molar-refractivity contribution in [2.24, 2.45) is 0 Å². The third-order valence-corrected chi connectivity index (χ3v) is 3.20. The van der Waals surface area contributed by atoms with E-state index in [0.29, 0.717) is 5.69 Å². The predicted octanol–water partition coefficient (Wildman–Crippen LogP) is 3.14. The Morgan fingerprint density at radius 3 is 2.81 bits per heavy atom. The maximum Gasteiger partial charge on any atom is 0.258 e. The average Bonchev–Trinajstić information content (AvgIpc) is 2.48. The molecule has 0 spiro atoms. The minimum atomic E-state index is -0.632. The quantitative estimate of drug-likeness (QED) is 0.888. The molecule has 1 aromatic heterocycles. The normalized spacial score (nSPS) is 12.0. The summed E-state index contributed by atoms with van der Waals surface area (Å²) in [5.74, 6) is -1.11. The zero-order valence-corrected chi connectivity index (χ0v) is 12.1. The second-order valence-corrected chi connectivity index (χ2v) is 4.68. The van der Waals surface area contributed by atoms with Crippen LogP contribution in [0.1, 0.15) is 35.8 Å². The van der Waals surface area contributed by atoms with E-state index in [9.17, 15) is 9.18 Å². The molecule has 5 heteroatoms. The maximum absolute atomic E-state index is 13.6. The molecular formula is C16H18FN3O. The lowest BCUT2D eigenvalue weighted by Gasteiger charge is -2.17. The highest BCUT2D eigenvalue weighted by molar-refractivity contribution is 6.04. The Kier molecular flexibility index (Phi) is 5.00. The minimum Gasteiger partial charge on any atom is -0.322 e. The monoisotopic (exact) mass is 287 g/mol. The Morgan fingerprint density at radius 1 is 1.33 bits per heavy atom.